The van der Waals surface area contributed by atoms with Crippen LogP contribution in [0.15, 0.2) is 30.3 Å². The van der Waals surface area contributed by atoms with Crippen LogP contribution in [0.5, 0.6) is 0 Å². The van der Waals surface area contributed by atoms with Crippen LogP contribution in [0.3, 0.4) is 0 Å². The SMILES string of the molecule is CCC(=O)C(C)NC(=O)C1CC1c1ccccc1. The van der Waals surface area contributed by atoms with E-state index in [1.807, 2.05) is 25.1 Å². The van der Waals surface area contributed by atoms with E-state index >= 15 is 0 Å². The number of rotatable bonds is 5. The van der Waals surface area contributed by atoms with Crippen molar-refractivity contribution in [3.05, 3.63) is 35.9 Å². The van der Waals surface area contributed by atoms with Crippen molar-refractivity contribution in [1.82, 2.24) is 5.32 Å². The summed E-state index contributed by atoms with van der Waals surface area (Å²) in [6.45, 7) is 3.57. The summed E-state index contributed by atoms with van der Waals surface area (Å²) in [6.07, 6.45) is 1.36. The lowest BCUT2D eigenvalue weighted by Gasteiger charge is -2.11. The molecule has 0 heterocycles. The molecule has 3 heteroatoms. The predicted molar refractivity (Wildman–Crippen MR) is 70.2 cm³/mol. The van der Waals surface area contributed by atoms with Crippen LogP contribution in [0.2, 0.25) is 0 Å². The van der Waals surface area contributed by atoms with E-state index in [0.29, 0.717) is 12.3 Å². The normalized spacial score (nSPS) is 23.2. The Hall–Kier alpha value is -1.64. The second kappa shape index (κ2) is 5.34. The Bertz CT molecular complexity index is 441. The van der Waals surface area contributed by atoms with Crippen LogP contribution in [0.4, 0.5) is 0 Å². The lowest BCUT2D eigenvalue weighted by atomic mass is 10.1. The van der Waals surface area contributed by atoms with E-state index in [4.69, 9.17) is 0 Å². The Labute approximate surface area is 108 Å². The standard InChI is InChI=1S/C15H19NO2/c1-3-14(17)10(2)16-15(18)13-9-12(13)11-7-5-4-6-8-11/h4-8,10,12-13H,3,9H2,1-2H3,(H,16,18). The smallest absolute Gasteiger partial charge is 0.224 e. The van der Waals surface area contributed by atoms with Crippen LogP contribution in [-0.4, -0.2) is 17.7 Å². The van der Waals surface area contributed by atoms with E-state index in [9.17, 15) is 9.59 Å². The molecule has 0 spiro atoms. The first kappa shape index (κ1) is 12.8. The minimum atomic E-state index is -0.362. The van der Waals surface area contributed by atoms with Crippen molar-refractivity contribution in [2.45, 2.75) is 38.6 Å². The number of Topliss-reactive ketones (excluding diaryl/α,β-unsaturated/α-hetero) is 1. The molecule has 0 saturated heterocycles. The van der Waals surface area contributed by atoms with E-state index in [1.165, 1.54) is 5.56 Å². The molecule has 1 amide bonds. The Morgan fingerprint density at radius 1 is 1.33 bits per heavy atom. The van der Waals surface area contributed by atoms with E-state index in [2.05, 4.69) is 17.4 Å². The first-order chi connectivity index (χ1) is 8.63. The minimum absolute atomic E-state index is 0.0122. The minimum Gasteiger partial charge on any atom is -0.346 e. The van der Waals surface area contributed by atoms with Crippen LogP contribution in [0.25, 0.3) is 0 Å². The topological polar surface area (TPSA) is 46.2 Å². The maximum atomic E-state index is 12.0. The number of carbonyl (C=O) groups is 2. The maximum Gasteiger partial charge on any atom is 0.224 e. The zero-order valence-electron chi connectivity index (χ0n) is 10.8. The molecule has 0 aliphatic heterocycles. The van der Waals surface area contributed by atoms with Gasteiger partial charge >= 0.3 is 0 Å². The molecule has 1 aliphatic carbocycles. The van der Waals surface area contributed by atoms with Gasteiger partial charge < -0.3 is 5.32 Å². The van der Waals surface area contributed by atoms with E-state index in [0.717, 1.165) is 6.42 Å². The lowest BCUT2D eigenvalue weighted by molar-refractivity contribution is -0.128. The molecule has 1 aromatic rings. The predicted octanol–water partition coefficient (Wildman–Crippen LogP) is 2.27. The summed E-state index contributed by atoms with van der Waals surface area (Å²) in [6, 6.07) is 9.71. The summed E-state index contributed by atoms with van der Waals surface area (Å²) < 4.78 is 0. The number of carbonyl (C=O) groups excluding carboxylic acids is 2. The second-order valence-corrected chi connectivity index (χ2v) is 4.91. The summed E-state index contributed by atoms with van der Waals surface area (Å²) in [5, 5.41) is 2.80. The number of benzene rings is 1. The Balaban J connectivity index is 1.88. The van der Waals surface area contributed by atoms with Crippen molar-refractivity contribution in [2.75, 3.05) is 0 Å². The summed E-state index contributed by atoms with van der Waals surface area (Å²) >= 11 is 0. The molecular weight excluding hydrogens is 226 g/mol. The Morgan fingerprint density at radius 2 is 2.00 bits per heavy atom. The molecule has 1 N–H and O–H groups in total. The van der Waals surface area contributed by atoms with Gasteiger partial charge in [0.1, 0.15) is 0 Å². The van der Waals surface area contributed by atoms with Crippen molar-refractivity contribution < 1.29 is 9.59 Å². The largest absolute Gasteiger partial charge is 0.346 e. The Kier molecular flexibility index (Phi) is 3.80. The van der Waals surface area contributed by atoms with E-state index < -0.39 is 0 Å². The monoisotopic (exact) mass is 245 g/mol. The van der Waals surface area contributed by atoms with Crippen molar-refractivity contribution in [3.63, 3.8) is 0 Å². The molecule has 3 atom stereocenters. The van der Waals surface area contributed by atoms with Gasteiger partial charge in [-0.3, -0.25) is 9.59 Å². The lowest BCUT2D eigenvalue weighted by Crippen LogP contribution is -2.39. The molecular formula is C15H19NO2. The van der Waals surface area contributed by atoms with Gasteiger partial charge in [-0.25, -0.2) is 0 Å². The molecule has 1 aromatic carbocycles. The Morgan fingerprint density at radius 3 is 2.61 bits per heavy atom. The molecule has 3 unspecified atom stereocenters. The third-order valence-electron chi connectivity index (χ3n) is 3.55. The zero-order chi connectivity index (χ0) is 13.1. The molecule has 0 radical (unpaired) electrons. The second-order valence-electron chi connectivity index (χ2n) is 4.91. The van der Waals surface area contributed by atoms with Crippen LogP contribution in [0, 0.1) is 5.92 Å². The van der Waals surface area contributed by atoms with Gasteiger partial charge in [0.25, 0.3) is 0 Å². The van der Waals surface area contributed by atoms with E-state index in [-0.39, 0.29) is 23.7 Å². The molecule has 1 saturated carbocycles. The molecule has 1 aliphatic rings. The first-order valence-corrected chi connectivity index (χ1v) is 6.51. The molecule has 3 nitrogen and oxygen atoms in total. The molecule has 96 valence electrons. The summed E-state index contributed by atoms with van der Waals surface area (Å²) in [4.78, 5) is 23.4. The van der Waals surface area contributed by atoms with E-state index in [1.54, 1.807) is 6.92 Å². The summed E-state index contributed by atoms with van der Waals surface area (Å²) in [5.74, 6) is 0.466. The van der Waals surface area contributed by atoms with Gasteiger partial charge in [-0.05, 0) is 24.8 Å². The van der Waals surface area contributed by atoms with Crippen molar-refractivity contribution >= 4 is 11.7 Å². The van der Waals surface area contributed by atoms with Gasteiger partial charge in [0.15, 0.2) is 5.78 Å². The third-order valence-corrected chi connectivity index (χ3v) is 3.55. The fourth-order valence-corrected chi connectivity index (χ4v) is 2.26. The fraction of sp³-hybridized carbons (Fsp3) is 0.467. The van der Waals surface area contributed by atoms with Gasteiger partial charge in [0.05, 0.1) is 6.04 Å². The number of hydrogen-bond acceptors (Lipinski definition) is 2. The summed E-state index contributed by atoms with van der Waals surface area (Å²) in [5.41, 5.74) is 1.21. The summed E-state index contributed by atoms with van der Waals surface area (Å²) in [7, 11) is 0. The van der Waals surface area contributed by atoms with Crippen LogP contribution in [-0.2, 0) is 9.59 Å². The number of hydrogen-bond donors (Lipinski definition) is 1. The average molecular weight is 245 g/mol. The van der Waals surface area contributed by atoms with Gasteiger partial charge in [0, 0.05) is 12.3 Å². The molecule has 1 fully saturated rings. The van der Waals surface area contributed by atoms with Gasteiger partial charge in [-0.2, -0.15) is 0 Å². The molecule has 18 heavy (non-hydrogen) atoms. The van der Waals surface area contributed by atoms with Crippen LogP contribution in [0.1, 0.15) is 38.2 Å². The number of amides is 1. The van der Waals surface area contributed by atoms with Gasteiger partial charge in [0.2, 0.25) is 5.91 Å². The van der Waals surface area contributed by atoms with Crippen LogP contribution < -0.4 is 5.32 Å². The van der Waals surface area contributed by atoms with Crippen LogP contribution >= 0.6 is 0 Å². The van der Waals surface area contributed by atoms with Crippen molar-refractivity contribution in [3.8, 4) is 0 Å². The molecule has 2 rings (SSSR count). The number of nitrogens with one attached hydrogen (secondary N) is 1. The fourth-order valence-electron chi connectivity index (χ4n) is 2.26. The quantitative estimate of drug-likeness (QED) is 0.865. The highest BCUT2D eigenvalue weighted by molar-refractivity contribution is 5.90. The van der Waals surface area contributed by atoms with Crippen molar-refractivity contribution in [2.24, 2.45) is 5.92 Å². The third kappa shape index (κ3) is 2.78. The van der Waals surface area contributed by atoms with Crippen molar-refractivity contribution in [1.29, 1.82) is 0 Å². The van der Waals surface area contributed by atoms with Gasteiger partial charge in [-0.15, -0.1) is 0 Å². The zero-order valence-corrected chi connectivity index (χ0v) is 10.8. The average Bonchev–Trinajstić information content (AvgIpc) is 3.19. The first-order valence-electron chi connectivity index (χ1n) is 6.51. The number of ketones is 1. The highest BCUT2D eigenvalue weighted by atomic mass is 16.2. The highest BCUT2D eigenvalue weighted by Crippen LogP contribution is 2.47. The van der Waals surface area contributed by atoms with Gasteiger partial charge in [-0.1, -0.05) is 37.3 Å². The molecule has 0 aromatic heterocycles. The molecule has 0 bridgehead atoms. The highest BCUT2D eigenvalue weighted by Gasteiger charge is 2.44. The maximum absolute atomic E-state index is 12.0.